The molecule has 1 heterocycles. The first-order valence-corrected chi connectivity index (χ1v) is 8.16. The van der Waals surface area contributed by atoms with Gasteiger partial charge in [-0.15, -0.1) is 0 Å². The Bertz CT molecular complexity index is 542. The summed E-state index contributed by atoms with van der Waals surface area (Å²) in [6.07, 6.45) is -4.12. The van der Waals surface area contributed by atoms with Gasteiger partial charge in [0.05, 0.1) is 5.56 Å². The zero-order valence-electron chi connectivity index (χ0n) is 14.3. The van der Waals surface area contributed by atoms with Crippen molar-refractivity contribution in [3.05, 3.63) is 35.4 Å². The molecule has 1 nitrogen and oxygen atoms in total. The molecule has 0 amide bonds. The summed E-state index contributed by atoms with van der Waals surface area (Å²) in [5.74, 6) is -2.77. The minimum absolute atomic E-state index is 0.0741. The molecule has 2 rings (SSSR count). The van der Waals surface area contributed by atoms with E-state index in [4.69, 9.17) is 0 Å². The van der Waals surface area contributed by atoms with E-state index in [0.29, 0.717) is 12.1 Å². The highest BCUT2D eigenvalue weighted by molar-refractivity contribution is 5.27. The summed E-state index contributed by atoms with van der Waals surface area (Å²) >= 11 is 0. The van der Waals surface area contributed by atoms with Crippen LogP contribution in [0, 0.1) is 5.41 Å². The van der Waals surface area contributed by atoms with Crippen molar-refractivity contribution in [1.29, 1.82) is 0 Å². The molecule has 0 N–H and O–H groups in total. The Kier molecular flexibility index (Phi) is 5.28. The first kappa shape index (κ1) is 19.2. The second-order valence-corrected chi connectivity index (χ2v) is 7.79. The van der Waals surface area contributed by atoms with Crippen LogP contribution >= 0.6 is 0 Å². The van der Waals surface area contributed by atoms with Crippen molar-refractivity contribution in [3.63, 3.8) is 0 Å². The third-order valence-corrected chi connectivity index (χ3v) is 4.47. The fourth-order valence-electron chi connectivity index (χ4n) is 2.95. The quantitative estimate of drug-likeness (QED) is 0.613. The Balaban J connectivity index is 2.20. The Morgan fingerprint density at radius 1 is 1.08 bits per heavy atom. The molecule has 1 aromatic carbocycles. The van der Waals surface area contributed by atoms with Gasteiger partial charge >= 0.3 is 6.18 Å². The lowest BCUT2D eigenvalue weighted by molar-refractivity contribution is -0.137. The molecule has 0 radical (unpaired) electrons. The number of benzene rings is 1. The van der Waals surface area contributed by atoms with Crippen molar-refractivity contribution in [1.82, 2.24) is 4.90 Å². The fourth-order valence-corrected chi connectivity index (χ4v) is 2.95. The molecule has 1 fully saturated rings. The lowest BCUT2D eigenvalue weighted by Crippen LogP contribution is -2.43. The molecule has 1 aliphatic rings. The Hall–Kier alpha value is -1.17. The molecule has 1 aliphatic heterocycles. The maximum atomic E-state index is 13.8. The summed E-state index contributed by atoms with van der Waals surface area (Å²) in [7, 11) is 0. The molecule has 6 heteroatoms. The molecular formula is C18H24F5N. The molecule has 1 unspecified atom stereocenters. The van der Waals surface area contributed by atoms with Crippen LogP contribution in [0.1, 0.15) is 57.2 Å². The minimum Gasteiger partial charge on any atom is -0.296 e. The second-order valence-electron chi connectivity index (χ2n) is 7.79. The van der Waals surface area contributed by atoms with Crippen LogP contribution < -0.4 is 0 Å². The monoisotopic (exact) mass is 349 g/mol. The number of nitrogens with zero attached hydrogens (tertiary/aromatic N) is 1. The van der Waals surface area contributed by atoms with Gasteiger partial charge in [-0.1, -0.05) is 32.9 Å². The second kappa shape index (κ2) is 6.62. The average Bonchev–Trinajstić information content (AvgIpc) is 2.43. The summed E-state index contributed by atoms with van der Waals surface area (Å²) in [5.41, 5.74) is -0.156. The highest BCUT2D eigenvalue weighted by atomic mass is 19.4. The van der Waals surface area contributed by atoms with Gasteiger partial charge < -0.3 is 0 Å². The number of hydrogen-bond donors (Lipinski definition) is 0. The zero-order valence-corrected chi connectivity index (χ0v) is 14.3. The third kappa shape index (κ3) is 5.16. The highest BCUT2D eigenvalue weighted by Crippen LogP contribution is 2.41. The van der Waals surface area contributed by atoms with Crippen molar-refractivity contribution in [2.24, 2.45) is 5.41 Å². The number of piperidine rings is 1. The molecule has 24 heavy (non-hydrogen) atoms. The minimum atomic E-state index is -4.42. The van der Waals surface area contributed by atoms with Crippen LogP contribution in [-0.4, -0.2) is 23.9 Å². The van der Waals surface area contributed by atoms with Gasteiger partial charge in [0.25, 0.3) is 5.92 Å². The molecule has 1 atom stereocenters. The summed E-state index contributed by atoms with van der Waals surface area (Å²) in [6.45, 7) is 7.16. The Morgan fingerprint density at radius 2 is 1.67 bits per heavy atom. The largest absolute Gasteiger partial charge is 0.416 e. The summed E-state index contributed by atoms with van der Waals surface area (Å²) in [6, 6.07) is 4.07. The molecule has 0 aliphatic carbocycles. The number of rotatable bonds is 3. The van der Waals surface area contributed by atoms with Gasteiger partial charge in [-0.05, 0) is 36.1 Å². The average molecular weight is 349 g/mol. The van der Waals surface area contributed by atoms with Crippen molar-refractivity contribution >= 4 is 0 Å². The first-order valence-electron chi connectivity index (χ1n) is 8.16. The number of hydrogen-bond acceptors (Lipinski definition) is 1. The van der Waals surface area contributed by atoms with Gasteiger partial charge in [-0.3, -0.25) is 4.90 Å². The lowest BCUT2D eigenvalue weighted by atomic mass is 9.88. The van der Waals surface area contributed by atoms with Crippen molar-refractivity contribution in [3.8, 4) is 0 Å². The summed E-state index contributed by atoms with van der Waals surface area (Å²) in [5, 5.41) is 0. The van der Waals surface area contributed by atoms with Crippen LogP contribution in [0.2, 0.25) is 0 Å². The van der Waals surface area contributed by atoms with Crippen LogP contribution in [0.25, 0.3) is 0 Å². The van der Waals surface area contributed by atoms with Gasteiger partial charge in [0.2, 0.25) is 0 Å². The number of halogens is 5. The molecule has 0 spiro atoms. The predicted octanol–water partition coefficient (Wildman–Crippen LogP) is 5.91. The molecule has 0 saturated carbocycles. The predicted molar refractivity (Wildman–Crippen MR) is 84.0 cm³/mol. The van der Waals surface area contributed by atoms with Crippen LogP contribution in [-0.2, 0) is 6.18 Å². The Labute approximate surface area is 139 Å². The number of alkyl halides is 5. The van der Waals surface area contributed by atoms with Gasteiger partial charge in [0.1, 0.15) is 0 Å². The van der Waals surface area contributed by atoms with E-state index in [-0.39, 0.29) is 24.8 Å². The van der Waals surface area contributed by atoms with Crippen LogP contribution in [0.4, 0.5) is 22.0 Å². The van der Waals surface area contributed by atoms with E-state index in [2.05, 4.69) is 20.8 Å². The normalized spacial score (nSPS) is 22.6. The van der Waals surface area contributed by atoms with Crippen molar-refractivity contribution in [2.75, 3.05) is 13.1 Å². The maximum absolute atomic E-state index is 13.8. The van der Waals surface area contributed by atoms with E-state index in [1.165, 1.54) is 12.1 Å². The molecular weight excluding hydrogens is 325 g/mol. The maximum Gasteiger partial charge on any atom is 0.416 e. The highest BCUT2D eigenvalue weighted by Gasteiger charge is 2.41. The van der Waals surface area contributed by atoms with E-state index >= 15 is 0 Å². The molecule has 1 saturated heterocycles. The molecule has 0 bridgehead atoms. The SMILES string of the molecule is CC(C)(C)CCN1CCC(F)(F)CC1c1ccc(C(F)(F)F)cc1. The van der Waals surface area contributed by atoms with E-state index in [9.17, 15) is 22.0 Å². The Morgan fingerprint density at radius 3 is 2.17 bits per heavy atom. The molecule has 136 valence electrons. The third-order valence-electron chi connectivity index (χ3n) is 4.47. The van der Waals surface area contributed by atoms with E-state index < -0.39 is 23.7 Å². The van der Waals surface area contributed by atoms with Crippen molar-refractivity contribution in [2.45, 2.75) is 58.2 Å². The molecule has 1 aromatic rings. The van der Waals surface area contributed by atoms with Crippen LogP contribution in [0.15, 0.2) is 24.3 Å². The smallest absolute Gasteiger partial charge is 0.296 e. The summed E-state index contributed by atoms with van der Waals surface area (Å²) in [4.78, 5) is 1.98. The van der Waals surface area contributed by atoms with Crippen LogP contribution in [0.5, 0.6) is 0 Å². The fraction of sp³-hybridized carbons (Fsp3) is 0.667. The molecule has 0 aromatic heterocycles. The topological polar surface area (TPSA) is 3.24 Å². The van der Waals surface area contributed by atoms with Gasteiger partial charge in [-0.25, -0.2) is 8.78 Å². The first-order chi connectivity index (χ1) is 10.9. The van der Waals surface area contributed by atoms with E-state index in [1.54, 1.807) is 0 Å². The van der Waals surface area contributed by atoms with E-state index in [1.807, 2.05) is 4.90 Å². The van der Waals surface area contributed by atoms with Gasteiger partial charge in [-0.2, -0.15) is 13.2 Å². The standard InChI is InChI=1S/C18H24F5N/c1-16(2,3)8-10-24-11-9-17(19,20)12-15(24)13-4-6-14(7-5-13)18(21,22)23/h4-7,15H,8-12H2,1-3H3. The van der Waals surface area contributed by atoms with Crippen molar-refractivity contribution < 1.29 is 22.0 Å². The van der Waals surface area contributed by atoms with Crippen LogP contribution in [0.3, 0.4) is 0 Å². The lowest BCUT2D eigenvalue weighted by Gasteiger charge is -2.40. The van der Waals surface area contributed by atoms with Gasteiger partial charge in [0.15, 0.2) is 0 Å². The van der Waals surface area contributed by atoms with E-state index in [0.717, 1.165) is 18.6 Å². The number of likely N-dealkylation sites (tertiary alicyclic amines) is 1. The summed E-state index contributed by atoms with van der Waals surface area (Å²) < 4.78 is 65.7. The van der Waals surface area contributed by atoms with Gasteiger partial charge in [0, 0.05) is 25.4 Å². The zero-order chi connectivity index (χ0) is 18.2.